The number of rotatable bonds is 3. The number of amidine groups is 1. The number of nitrogens with zero attached hydrogens (tertiary/aromatic N) is 3. The lowest BCUT2D eigenvalue weighted by atomic mass is 9.92. The van der Waals surface area contributed by atoms with Crippen LogP contribution in [0.1, 0.15) is 45.9 Å². The third-order valence-electron chi connectivity index (χ3n) is 5.11. The molecule has 1 aromatic heterocycles. The molecule has 0 radical (unpaired) electrons. The molecule has 31 heavy (non-hydrogen) atoms. The van der Waals surface area contributed by atoms with Crippen LogP contribution >= 0.6 is 11.6 Å². The summed E-state index contributed by atoms with van der Waals surface area (Å²) in [4.78, 5) is 17.2. The fraction of sp³-hybridized carbons (Fsp3) is 0.350. The Morgan fingerprint density at radius 1 is 1.32 bits per heavy atom. The van der Waals surface area contributed by atoms with E-state index < -0.39 is 34.9 Å². The Morgan fingerprint density at radius 3 is 2.55 bits per heavy atom. The summed E-state index contributed by atoms with van der Waals surface area (Å²) < 4.78 is 59.0. The molecule has 0 saturated carbocycles. The second-order valence-corrected chi connectivity index (χ2v) is 7.33. The number of piperidine rings is 1. The predicted molar refractivity (Wildman–Crippen MR) is 104 cm³/mol. The Labute approximate surface area is 180 Å². The van der Waals surface area contributed by atoms with Gasteiger partial charge in [-0.25, -0.2) is 9.18 Å². The van der Waals surface area contributed by atoms with E-state index in [1.165, 1.54) is 24.3 Å². The van der Waals surface area contributed by atoms with Crippen LogP contribution in [0.5, 0.6) is 0 Å². The molecule has 2 aromatic rings. The normalized spacial score (nSPS) is 15.8. The third kappa shape index (κ3) is 4.73. The number of hydrogen-bond donors (Lipinski definition) is 1. The van der Waals surface area contributed by atoms with E-state index >= 15 is 0 Å². The van der Waals surface area contributed by atoms with Crippen molar-refractivity contribution in [2.75, 3.05) is 20.2 Å². The van der Waals surface area contributed by atoms with Crippen LogP contribution in [0.4, 0.5) is 17.6 Å². The maximum Gasteiger partial charge on any atom is 0.417 e. The van der Waals surface area contributed by atoms with Gasteiger partial charge in [0.15, 0.2) is 5.84 Å². The van der Waals surface area contributed by atoms with E-state index in [-0.39, 0.29) is 29.6 Å². The maximum absolute atomic E-state index is 14.3. The topological polar surface area (TPSA) is 75.0 Å². The Kier molecular flexibility index (Phi) is 6.68. The van der Waals surface area contributed by atoms with Gasteiger partial charge in [-0.15, -0.1) is 0 Å². The molecule has 0 bridgehead atoms. The predicted octanol–water partition coefficient (Wildman–Crippen LogP) is 4.69. The number of alkyl halides is 3. The molecule has 0 aliphatic carbocycles. The van der Waals surface area contributed by atoms with Gasteiger partial charge in [-0.3, -0.25) is 4.98 Å². The van der Waals surface area contributed by atoms with Crippen molar-refractivity contribution in [2.24, 2.45) is 5.16 Å². The Morgan fingerprint density at radius 2 is 2.00 bits per heavy atom. The van der Waals surface area contributed by atoms with Crippen molar-refractivity contribution in [1.82, 2.24) is 9.88 Å². The zero-order valence-electron chi connectivity index (χ0n) is 16.3. The SMILES string of the molecule is COC(=O)c1cnc(C2CCN(/C(=N\O)c3c(F)cccc3C(F)(F)F)CC2)c(Cl)c1. The van der Waals surface area contributed by atoms with E-state index in [9.17, 15) is 27.6 Å². The Balaban J connectivity index is 1.81. The molecule has 6 nitrogen and oxygen atoms in total. The lowest BCUT2D eigenvalue weighted by Crippen LogP contribution is -2.40. The first-order chi connectivity index (χ1) is 14.7. The van der Waals surface area contributed by atoms with Crippen molar-refractivity contribution < 1.29 is 32.3 Å². The molecule has 166 valence electrons. The summed E-state index contributed by atoms with van der Waals surface area (Å²) in [5.74, 6) is -2.33. The minimum absolute atomic E-state index is 0.141. The van der Waals surface area contributed by atoms with Gasteiger partial charge in [0.05, 0.1) is 34.5 Å². The van der Waals surface area contributed by atoms with E-state index in [1.54, 1.807) is 0 Å². The van der Waals surface area contributed by atoms with Gasteiger partial charge in [-0.05, 0) is 31.0 Å². The number of carbonyl (C=O) groups is 1. The largest absolute Gasteiger partial charge is 0.465 e. The molecule has 1 aromatic carbocycles. The Hall–Kier alpha value is -2.88. The van der Waals surface area contributed by atoms with Crippen LogP contribution in [0, 0.1) is 5.82 Å². The lowest BCUT2D eigenvalue weighted by Gasteiger charge is -2.34. The molecular weight excluding hydrogens is 442 g/mol. The molecule has 0 unspecified atom stereocenters. The number of aromatic nitrogens is 1. The molecule has 1 fully saturated rings. The second kappa shape index (κ2) is 9.09. The molecule has 1 saturated heterocycles. The highest BCUT2D eigenvalue weighted by molar-refractivity contribution is 6.31. The number of ether oxygens (including phenoxy) is 1. The number of carbonyl (C=O) groups excluding carboxylic acids is 1. The van der Waals surface area contributed by atoms with E-state index in [1.807, 2.05) is 0 Å². The van der Waals surface area contributed by atoms with Crippen molar-refractivity contribution in [3.63, 3.8) is 0 Å². The van der Waals surface area contributed by atoms with Gasteiger partial charge in [0.2, 0.25) is 0 Å². The van der Waals surface area contributed by atoms with Gasteiger partial charge in [0.25, 0.3) is 0 Å². The summed E-state index contributed by atoms with van der Waals surface area (Å²) in [6, 6.07) is 4.02. The summed E-state index contributed by atoms with van der Waals surface area (Å²) in [5.41, 5.74) is -1.28. The van der Waals surface area contributed by atoms with Crippen LogP contribution in [-0.2, 0) is 10.9 Å². The van der Waals surface area contributed by atoms with E-state index in [0.717, 1.165) is 18.2 Å². The Bertz CT molecular complexity index is 1010. The van der Waals surface area contributed by atoms with E-state index in [4.69, 9.17) is 11.6 Å². The van der Waals surface area contributed by atoms with Crippen molar-refractivity contribution >= 4 is 23.4 Å². The number of halogens is 5. The van der Waals surface area contributed by atoms with Gasteiger partial charge in [0, 0.05) is 25.2 Å². The first-order valence-corrected chi connectivity index (χ1v) is 9.62. The summed E-state index contributed by atoms with van der Waals surface area (Å²) >= 11 is 6.26. The number of benzene rings is 1. The number of hydrogen-bond acceptors (Lipinski definition) is 5. The van der Waals surface area contributed by atoms with Crippen LogP contribution in [0.25, 0.3) is 0 Å². The molecule has 0 amide bonds. The minimum atomic E-state index is -4.81. The highest BCUT2D eigenvalue weighted by Crippen LogP contribution is 2.36. The third-order valence-corrected chi connectivity index (χ3v) is 5.41. The first kappa shape index (κ1) is 22.8. The zero-order chi connectivity index (χ0) is 22.8. The molecule has 1 N–H and O–H groups in total. The smallest absolute Gasteiger partial charge is 0.417 e. The van der Waals surface area contributed by atoms with Crippen molar-refractivity contribution in [2.45, 2.75) is 24.9 Å². The van der Waals surface area contributed by atoms with Crippen LogP contribution in [0.3, 0.4) is 0 Å². The number of oxime groups is 1. The van der Waals surface area contributed by atoms with Crippen LogP contribution in [0.15, 0.2) is 35.6 Å². The molecule has 1 aliphatic rings. The van der Waals surface area contributed by atoms with E-state index in [2.05, 4.69) is 14.9 Å². The van der Waals surface area contributed by atoms with Crippen molar-refractivity contribution in [3.8, 4) is 0 Å². The average molecular weight is 460 g/mol. The zero-order valence-corrected chi connectivity index (χ0v) is 17.0. The first-order valence-electron chi connectivity index (χ1n) is 9.24. The van der Waals surface area contributed by atoms with Crippen LogP contribution in [0.2, 0.25) is 5.02 Å². The number of methoxy groups -OCH3 is 1. The summed E-state index contributed by atoms with van der Waals surface area (Å²) in [5, 5.41) is 12.7. The van der Waals surface area contributed by atoms with Crippen LogP contribution < -0.4 is 0 Å². The number of pyridine rings is 1. The van der Waals surface area contributed by atoms with Gasteiger partial charge >= 0.3 is 12.1 Å². The fourth-order valence-corrected chi connectivity index (χ4v) is 3.92. The lowest BCUT2D eigenvalue weighted by molar-refractivity contribution is -0.138. The molecular formula is C20H18ClF4N3O3. The summed E-state index contributed by atoms with van der Waals surface area (Å²) in [6.07, 6.45) is -2.64. The molecule has 0 atom stereocenters. The minimum Gasteiger partial charge on any atom is -0.465 e. The van der Waals surface area contributed by atoms with Gasteiger partial charge in [0.1, 0.15) is 5.82 Å². The molecule has 3 rings (SSSR count). The van der Waals surface area contributed by atoms with Crippen LogP contribution in [-0.4, -0.2) is 47.1 Å². The molecule has 0 spiro atoms. The average Bonchev–Trinajstić information content (AvgIpc) is 2.74. The second-order valence-electron chi connectivity index (χ2n) is 6.93. The van der Waals surface area contributed by atoms with Gasteiger partial charge in [-0.1, -0.05) is 22.8 Å². The van der Waals surface area contributed by atoms with Gasteiger partial charge < -0.3 is 14.8 Å². The highest BCUT2D eigenvalue weighted by atomic mass is 35.5. The summed E-state index contributed by atoms with van der Waals surface area (Å²) in [6.45, 7) is 0.374. The molecule has 1 aliphatic heterocycles. The highest BCUT2D eigenvalue weighted by Gasteiger charge is 2.38. The number of esters is 1. The maximum atomic E-state index is 14.3. The van der Waals surface area contributed by atoms with Crippen molar-refractivity contribution in [3.05, 3.63) is 63.7 Å². The van der Waals surface area contributed by atoms with Crippen molar-refractivity contribution in [1.29, 1.82) is 0 Å². The monoisotopic (exact) mass is 459 g/mol. The molecule has 2 heterocycles. The van der Waals surface area contributed by atoms with Gasteiger partial charge in [-0.2, -0.15) is 13.2 Å². The molecule has 11 heteroatoms. The quantitative estimate of drug-likeness (QED) is 0.180. The van der Waals surface area contributed by atoms with E-state index in [0.29, 0.717) is 18.5 Å². The fourth-order valence-electron chi connectivity index (χ4n) is 3.60. The summed E-state index contributed by atoms with van der Waals surface area (Å²) in [7, 11) is 1.24. The standard InChI is InChI=1S/C20H18ClF4N3O3/c1-31-19(29)12-9-14(21)17(26-10-12)11-5-7-28(8-6-11)18(27-30)16-13(20(23,24)25)3-2-4-15(16)22/h2-4,9-11,30H,5-8H2,1H3/b27-18-. The number of likely N-dealkylation sites (tertiary alicyclic amines) is 1.